The van der Waals surface area contributed by atoms with Gasteiger partial charge in [-0.1, -0.05) is 32.6 Å². The largest absolute Gasteiger partial charge is 0.337 e. The third-order valence-electron chi connectivity index (χ3n) is 4.85. The number of amides is 1. The van der Waals surface area contributed by atoms with Crippen LogP contribution in [0, 0.1) is 17.2 Å². The third kappa shape index (κ3) is 3.96. The maximum absolute atomic E-state index is 12.2. The molecule has 1 N–H and O–H groups in total. The van der Waals surface area contributed by atoms with Gasteiger partial charge in [-0.15, -0.1) is 0 Å². The van der Waals surface area contributed by atoms with Crippen molar-refractivity contribution in [2.45, 2.75) is 63.8 Å². The van der Waals surface area contributed by atoms with Crippen molar-refractivity contribution < 1.29 is 4.79 Å². The number of hydrogen-bond acceptors (Lipinski definition) is 3. The zero-order valence-corrected chi connectivity index (χ0v) is 12.7. The van der Waals surface area contributed by atoms with Crippen molar-refractivity contribution in [3.05, 3.63) is 0 Å². The van der Waals surface area contributed by atoms with E-state index >= 15 is 0 Å². The molecule has 1 aliphatic heterocycles. The van der Waals surface area contributed by atoms with E-state index in [0.717, 1.165) is 44.7 Å². The number of carbonyl (C=O) groups excluding carboxylic acids is 1. The molecule has 4 nitrogen and oxygen atoms in total. The Hall–Kier alpha value is -1.08. The van der Waals surface area contributed by atoms with Gasteiger partial charge in [-0.05, 0) is 38.1 Å². The summed E-state index contributed by atoms with van der Waals surface area (Å²) < 4.78 is 0. The van der Waals surface area contributed by atoms with Gasteiger partial charge in [0.15, 0.2) is 0 Å². The van der Waals surface area contributed by atoms with Crippen molar-refractivity contribution in [3.63, 3.8) is 0 Å². The standard InChI is InChI=1S/C16H27N3O/c1-2-14-7-6-10-19(11-14)12-15(20)18-16(13-17)8-4-3-5-9-16/h14H,2-12H2,1H3,(H,18,20)/t14-/m0/s1. The van der Waals surface area contributed by atoms with Crippen LogP contribution in [0.15, 0.2) is 0 Å². The lowest BCUT2D eigenvalue weighted by atomic mass is 9.83. The molecule has 20 heavy (non-hydrogen) atoms. The molecule has 2 rings (SSSR count). The Kier molecular flexibility index (Phi) is 5.42. The molecule has 2 aliphatic rings. The van der Waals surface area contributed by atoms with Gasteiger partial charge >= 0.3 is 0 Å². The summed E-state index contributed by atoms with van der Waals surface area (Å²) in [5.41, 5.74) is -0.588. The van der Waals surface area contributed by atoms with E-state index in [1.54, 1.807) is 0 Å². The lowest BCUT2D eigenvalue weighted by Crippen LogP contribution is -2.52. The van der Waals surface area contributed by atoms with Gasteiger partial charge in [-0.2, -0.15) is 5.26 Å². The van der Waals surface area contributed by atoms with Gasteiger partial charge in [-0.25, -0.2) is 0 Å². The van der Waals surface area contributed by atoms with E-state index < -0.39 is 5.54 Å². The van der Waals surface area contributed by atoms with Crippen molar-refractivity contribution in [1.29, 1.82) is 5.26 Å². The summed E-state index contributed by atoms with van der Waals surface area (Å²) in [4.78, 5) is 14.5. The van der Waals surface area contributed by atoms with Crippen LogP contribution in [0.25, 0.3) is 0 Å². The number of likely N-dealkylation sites (tertiary alicyclic amines) is 1. The van der Waals surface area contributed by atoms with Gasteiger partial charge in [0.25, 0.3) is 0 Å². The average Bonchev–Trinajstić information content (AvgIpc) is 2.48. The van der Waals surface area contributed by atoms with Crippen LogP contribution in [0.5, 0.6) is 0 Å². The number of rotatable bonds is 4. The van der Waals surface area contributed by atoms with Crippen LogP contribution in [0.1, 0.15) is 58.3 Å². The molecule has 0 aromatic carbocycles. The summed E-state index contributed by atoms with van der Waals surface area (Å²) in [5.74, 6) is 0.765. The predicted molar refractivity (Wildman–Crippen MR) is 79.0 cm³/mol. The Morgan fingerprint density at radius 1 is 1.35 bits per heavy atom. The van der Waals surface area contributed by atoms with Crippen molar-refractivity contribution in [3.8, 4) is 6.07 Å². The van der Waals surface area contributed by atoms with E-state index in [1.165, 1.54) is 25.7 Å². The van der Waals surface area contributed by atoms with Crippen molar-refractivity contribution in [1.82, 2.24) is 10.2 Å². The highest BCUT2D eigenvalue weighted by molar-refractivity contribution is 5.79. The van der Waals surface area contributed by atoms with Crippen molar-refractivity contribution >= 4 is 5.91 Å². The van der Waals surface area contributed by atoms with Crippen LogP contribution in [0.2, 0.25) is 0 Å². The quantitative estimate of drug-likeness (QED) is 0.858. The lowest BCUT2D eigenvalue weighted by Gasteiger charge is -2.34. The zero-order valence-electron chi connectivity index (χ0n) is 12.7. The van der Waals surface area contributed by atoms with Crippen LogP contribution in [-0.2, 0) is 4.79 Å². The maximum atomic E-state index is 12.2. The topological polar surface area (TPSA) is 56.1 Å². The normalized spacial score (nSPS) is 26.7. The summed E-state index contributed by atoms with van der Waals surface area (Å²) in [6.45, 7) is 4.73. The molecule has 1 aliphatic carbocycles. The molecular weight excluding hydrogens is 250 g/mol. The number of piperidine rings is 1. The first-order valence-corrected chi connectivity index (χ1v) is 8.12. The Bertz CT molecular complexity index is 368. The smallest absolute Gasteiger partial charge is 0.235 e. The van der Waals surface area contributed by atoms with E-state index in [4.69, 9.17) is 0 Å². The number of carbonyl (C=O) groups is 1. The van der Waals surface area contributed by atoms with Gasteiger partial charge < -0.3 is 5.32 Å². The molecule has 0 spiro atoms. The minimum Gasteiger partial charge on any atom is -0.337 e. The van der Waals surface area contributed by atoms with Gasteiger partial charge in [0, 0.05) is 6.54 Å². The molecule has 4 heteroatoms. The van der Waals surface area contributed by atoms with Gasteiger partial charge in [-0.3, -0.25) is 9.69 Å². The molecule has 1 amide bonds. The van der Waals surface area contributed by atoms with Gasteiger partial charge in [0.1, 0.15) is 5.54 Å². The number of hydrogen-bond donors (Lipinski definition) is 1. The summed E-state index contributed by atoms with van der Waals surface area (Å²) in [5, 5.41) is 12.4. The highest BCUT2D eigenvalue weighted by Gasteiger charge is 2.34. The first kappa shape index (κ1) is 15.3. The Morgan fingerprint density at radius 3 is 2.75 bits per heavy atom. The third-order valence-corrected chi connectivity index (χ3v) is 4.85. The summed E-state index contributed by atoms with van der Waals surface area (Å²) in [7, 11) is 0. The summed E-state index contributed by atoms with van der Waals surface area (Å²) >= 11 is 0. The van der Waals surface area contributed by atoms with Crippen LogP contribution in [-0.4, -0.2) is 36.0 Å². The monoisotopic (exact) mass is 277 g/mol. The van der Waals surface area contributed by atoms with E-state index in [0.29, 0.717) is 6.54 Å². The molecular formula is C16H27N3O. The molecule has 1 atom stereocenters. The van der Waals surface area contributed by atoms with Crippen LogP contribution >= 0.6 is 0 Å². The van der Waals surface area contributed by atoms with E-state index in [-0.39, 0.29) is 5.91 Å². The maximum Gasteiger partial charge on any atom is 0.235 e. The number of nitrogens with one attached hydrogen (secondary N) is 1. The highest BCUT2D eigenvalue weighted by atomic mass is 16.2. The minimum absolute atomic E-state index is 0.0326. The average molecular weight is 277 g/mol. The van der Waals surface area contributed by atoms with Crippen molar-refractivity contribution in [2.75, 3.05) is 19.6 Å². The molecule has 0 bridgehead atoms. The molecule has 112 valence electrons. The number of nitriles is 1. The SMILES string of the molecule is CC[C@H]1CCCN(CC(=O)NC2(C#N)CCCCC2)C1. The van der Waals surface area contributed by atoms with Crippen LogP contribution < -0.4 is 5.32 Å². The zero-order chi connectivity index (χ0) is 14.4. The van der Waals surface area contributed by atoms with Crippen LogP contribution in [0.4, 0.5) is 0 Å². The number of nitrogens with zero attached hydrogens (tertiary/aromatic N) is 2. The Labute approximate surface area is 122 Å². The fourth-order valence-corrected chi connectivity index (χ4v) is 3.56. The second-order valence-electron chi connectivity index (χ2n) is 6.45. The predicted octanol–water partition coefficient (Wildman–Crippen LogP) is 2.45. The Balaban J connectivity index is 1.83. The van der Waals surface area contributed by atoms with E-state index in [1.807, 2.05) is 0 Å². The second-order valence-corrected chi connectivity index (χ2v) is 6.45. The molecule has 2 fully saturated rings. The summed E-state index contributed by atoms with van der Waals surface area (Å²) in [6, 6.07) is 2.36. The van der Waals surface area contributed by atoms with E-state index in [9.17, 15) is 10.1 Å². The minimum atomic E-state index is -0.588. The van der Waals surface area contributed by atoms with Gasteiger partial charge in [0.05, 0.1) is 12.6 Å². The fourth-order valence-electron chi connectivity index (χ4n) is 3.56. The molecule has 0 radical (unpaired) electrons. The molecule has 1 saturated heterocycles. The lowest BCUT2D eigenvalue weighted by molar-refractivity contribution is -0.124. The summed E-state index contributed by atoms with van der Waals surface area (Å²) in [6.07, 6.45) is 8.58. The fraction of sp³-hybridized carbons (Fsp3) is 0.875. The molecule has 1 heterocycles. The highest BCUT2D eigenvalue weighted by Crippen LogP contribution is 2.27. The second kappa shape index (κ2) is 7.08. The first-order valence-electron chi connectivity index (χ1n) is 8.12. The molecule has 0 aromatic rings. The van der Waals surface area contributed by atoms with Crippen LogP contribution in [0.3, 0.4) is 0 Å². The van der Waals surface area contributed by atoms with Crippen molar-refractivity contribution in [2.24, 2.45) is 5.92 Å². The molecule has 1 saturated carbocycles. The molecule has 0 unspecified atom stereocenters. The Morgan fingerprint density at radius 2 is 2.10 bits per heavy atom. The van der Waals surface area contributed by atoms with Gasteiger partial charge in [0.2, 0.25) is 5.91 Å². The molecule has 0 aromatic heterocycles. The van der Waals surface area contributed by atoms with E-state index in [2.05, 4.69) is 23.2 Å². The first-order chi connectivity index (χ1) is 9.67.